The second kappa shape index (κ2) is 9.92. The van der Waals surface area contributed by atoms with E-state index >= 15 is 0 Å². The van der Waals surface area contributed by atoms with Gasteiger partial charge in [-0.2, -0.15) is 0 Å². The van der Waals surface area contributed by atoms with E-state index in [1.165, 1.54) is 0 Å². The van der Waals surface area contributed by atoms with Gasteiger partial charge in [0.1, 0.15) is 5.75 Å². The van der Waals surface area contributed by atoms with Crippen molar-refractivity contribution in [3.05, 3.63) is 64.7 Å². The van der Waals surface area contributed by atoms with Gasteiger partial charge >= 0.3 is 0 Å². The van der Waals surface area contributed by atoms with Crippen molar-refractivity contribution in [1.82, 2.24) is 15.1 Å². The SMILES string of the molecule is Cc1ccccc1OCC(=O)NC[C@H](c1ccc(Cl)cc1)N1CCN(C)CC1. The third kappa shape index (κ3) is 5.71. The summed E-state index contributed by atoms with van der Waals surface area (Å²) < 4.78 is 5.66. The first kappa shape index (κ1) is 20.6. The van der Waals surface area contributed by atoms with Crippen molar-refractivity contribution < 1.29 is 9.53 Å². The standard InChI is InChI=1S/C22H28ClN3O2/c1-17-5-3-4-6-21(17)28-16-22(27)24-15-20(18-7-9-19(23)10-8-18)26-13-11-25(2)12-14-26/h3-10,20H,11-16H2,1-2H3,(H,24,27)/t20-/m1/s1. The summed E-state index contributed by atoms with van der Waals surface area (Å²) in [5, 5.41) is 3.76. The molecule has 1 atom stereocenters. The molecule has 1 aliphatic heterocycles. The van der Waals surface area contributed by atoms with Crippen LogP contribution >= 0.6 is 11.6 Å². The summed E-state index contributed by atoms with van der Waals surface area (Å²) in [6.45, 7) is 6.51. The zero-order chi connectivity index (χ0) is 19.9. The molecule has 2 aromatic rings. The lowest BCUT2D eigenvalue weighted by Gasteiger charge is -2.38. The van der Waals surface area contributed by atoms with Gasteiger partial charge in [-0.15, -0.1) is 0 Å². The molecule has 0 radical (unpaired) electrons. The Bertz CT molecular complexity index is 774. The number of piperazine rings is 1. The number of amides is 1. The highest BCUT2D eigenvalue weighted by atomic mass is 35.5. The first-order chi connectivity index (χ1) is 13.5. The van der Waals surface area contributed by atoms with Crippen LogP contribution in [0.3, 0.4) is 0 Å². The van der Waals surface area contributed by atoms with Crippen LogP contribution in [0.1, 0.15) is 17.2 Å². The Kier molecular flexibility index (Phi) is 7.31. The summed E-state index contributed by atoms with van der Waals surface area (Å²) in [7, 11) is 2.14. The maximum absolute atomic E-state index is 12.4. The van der Waals surface area contributed by atoms with E-state index in [4.69, 9.17) is 16.3 Å². The number of benzene rings is 2. The molecule has 2 aromatic carbocycles. The van der Waals surface area contributed by atoms with Gasteiger partial charge < -0.3 is 15.0 Å². The molecule has 28 heavy (non-hydrogen) atoms. The Morgan fingerprint density at radius 2 is 1.79 bits per heavy atom. The van der Waals surface area contributed by atoms with Crippen molar-refractivity contribution in [2.45, 2.75) is 13.0 Å². The van der Waals surface area contributed by atoms with Crippen molar-refractivity contribution >= 4 is 17.5 Å². The molecule has 0 aliphatic carbocycles. The van der Waals surface area contributed by atoms with Crippen LogP contribution < -0.4 is 10.1 Å². The van der Waals surface area contributed by atoms with Crippen LogP contribution in [-0.4, -0.2) is 62.1 Å². The average molecular weight is 402 g/mol. The second-order valence-corrected chi connectivity index (χ2v) is 7.70. The fourth-order valence-corrected chi connectivity index (χ4v) is 3.53. The van der Waals surface area contributed by atoms with Gasteiger partial charge in [0.05, 0.1) is 6.04 Å². The molecule has 6 heteroatoms. The Labute approximate surface area is 172 Å². The molecule has 0 unspecified atom stereocenters. The minimum absolute atomic E-state index is 0.0148. The molecule has 0 saturated carbocycles. The first-order valence-electron chi connectivity index (χ1n) is 9.66. The summed E-state index contributed by atoms with van der Waals surface area (Å²) in [5.74, 6) is 0.627. The quantitative estimate of drug-likeness (QED) is 0.774. The van der Waals surface area contributed by atoms with Gasteiger partial charge in [0.2, 0.25) is 0 Å². The predicted octanol–water partition coefficient (Wildman–Crippen LogP) is 3.13. The number of para-hydroxylation sites is 1. The molecule has 0 spiro atoms. The van der Waals surface area contributed by atoms with Crippen LogP contribution in [-0.2, 0) is 4.79 Å². The van der Waals surface area contributed by atoms with E-state index in [0.717, 1.165) is 48.1 Å². The topological polar surface area (TPSA) is 44.8 Å². The third-order valence-corrected chi connectivity index (χ3v) is 5.43. The number of carbonyl (C=O) groups excluding carboxylic acids is 1. The highest BCUT2D eigenvalue weighted by Crippen LogP contribution is 2.23. The van der Waals surface area contributed by atoms with Crippen molar-refractivity contribution in [2.24, 2.45) is 0 Å². The van der Waals surface area contributed by atoms with Gasteiger partial charge in [-0.25, -0.2) is 0 Å². The normalized spacial score (nSPS) is 16.5. The van der Waals surface area contributed by atoms with Crippen molar-refractivity contribution in [3.63, 3.8) is 0 Å². The molecule has 1 fully saturated rings. The number of ether oxygens (including phenoxy) is 1. The number of nitrogens with zero attached hydrogens (tertiary/aromatic N) is 2. The molecule has 150 valence electrons. The van der Waals surface area contributed by atoms with Crippen molar-refractivity contribution in [1.29, 1.82) is 0 Å². The maximum atomic E-state index is 12.4. The minimum atomic E-state index is -0.114. The Morgan fingerprint density at radius 1 is 1.11 bits per heavy atom. The predicted molar refractivity (Wildman–Crippen MR) is 113 cm³/mol. The van der Waals surface area contributed by atoms with Crippen LogP contribution in [0.25, 0.3) is 0 Å². The van der Waals surface area contributed by atoms with Gasteiger partial charge in [0.15, 0.2) is 6.61 Å². The summed E-state index contributed by atoms with van der Waals surface area (Å²) in [6.07, 6.45) is 0. The Balaban J connectivity index is 1.60. The van der Waals surface area contributed by atoms with Gasteiger partial charge in [-0.3, -0.25) is 9.69 Å². The molecule has 3 rings (SSSR count). The van der Waals surface area contributed by atoms with Gasteiger partial charge in [0, 0.05) is 37.7 Å². The molecule has 1 saturated heterocycles. The summed E-state index contributed by atoms with van der Waals surface area (Å²) in [5.41, 5.74) is 2.18. The lowest BCUT2D eigenvalue weighted by molar-refractivity contribution is -0.123. The number of hydrogen-bond acceptors (Lipinski definition) is 4. The zero-order valence-corrected chi connectivity index (χ0v) is 17.3. The lowest BCUT2D eigenvalue weighted by atomic mass is 10.0. The Morgan fingerprint density at radius 3 is 2.46 bits per heavy atom. The number of likely N-dealkylation sites (N-methyl/N-ethyl adjacent to an activating group) is 1. The molecule has 0 aromatic heterocycles. The van der Waals surface area contributed by atoms with Crippen LogP contribution in [0, 0.1) is 6.92 Å². The molecule has 5 nitrogen and oxygen atoms in total. The molecular formula is C22H28ClN3O2. The number of aryl methyl sites for hydroxylation is 1. The first-order valence-corrected chi connectivity index (χ1v) is 10.0. The van der Waals surface area contributed by atoms with Gasteiger partial charge in [-0.1, -0.05) is 41.9 Å². The maximum Gasteiger partial charge on any atom is 0.258 e. The summed E-state index contributed by atoms with van der Waals surface area (Å²) >= 11 is 6.05. The highest BCUT2D eigenvalue weighted by molar-refractivity contribution is 6.30. The van der Waals surface area contributed by atoms with Crippen molar-refractivity contribution in [3.8, 4) is 5.75 Å². The zero-order valence-electron chi connectivity index (χ0n) is 16.5. The number of carbonyl (C=O) groups is 1. The van der Waals surface area contributed by atoms with Crippen LogP contribution in [0.4, 0.5) is 0 Å². The number of rotatable bonds is 7. The second-order valence-electron chi connectivity index (χ2n) is 7.26. The molecule has 0 bridgehead atoms. The third-order valence-electron chi connectivity index (χ3n) is 5.18. The molecule has 1 N–H and O–H groups in total. The van der Waals surface area contributed by atoms with Crippen LogP contribution in [0.5, 0.6) is 5.75 Å². The largest absolute Gasteiger partial charge is 0.484 e. The van der Waals surface area contributed by atoms with Crippen LogP contribution in [0.2, 0.25) is 5.02 Å². The van der Waals surface area contributed by atoms with E-state index in [1.807, 2.05) is 55.5 Å². The van der Waals surface area contributed by atoms with Crippen molar-refractivity contribution in [2.75, 3.05) is 46.4 Å². The summed E-state index contributed by atoms with van der Waals surface area (Å²) in [4.78, 5) is 17.1. The number of nitrogens with one attached hydrogen (secondary N) is 1. The van der Waals surface area contributed by atoms with Gasteiger partial charge in [-0.05, 0) is 43.3 Å². The Hall–Kier alpha value is -2.08. The molecular weight excluding hydrogens is 374 g/mol. The highest BCUT2D eigenvalue weighted by Gasteiger charge is 2.24. The lowest BCUT2D eigenvalue weighted by Crippen LogP contribution is -2.48. The fourth-order valence-electron chi connectivity index (χ4n) is 3.40. The fraction of sp³-hybridized carbons (Fsp3) is 0.409. The smallest absolute Gasteiger partial charge is 0.258 e. The number of halogens is 1. The van der Waals surface area contributed by atoms with E-state index in [0.29, 0.717) is 6.54 Å². The van der Waals surface area contributed by atoms with Gasteiger partial charge in [0.25, 0.3) is 5.91 Å². The molecule has 1 amide bonds. The monoisotopic (exact) mass is 401 g/mol. The summed E-state index contributed by atoms with van der Waals surface area (Å²) in [6, 6.07) is 15.7. The van der Waals surface area contributed by atoms with E-state index in [9.17, 15) is 4.79 Å². The van der Waals surface area contributed by atoms with E-state index in [2.05, 4.69) is 22.2 Å². The minimum Gasteiger partial charge on any atom is -0.484 e. The van der Waals surface area contributed by atoms with E-state index in [-0.39, 0.29) is 18.6 Å². The average Bonchev–Trinajstić information content (AvgIpc) is 2.70. The molecule has 1 heterocycles. The van der Waals surface area contributed by atoms with Crippen LogP contribution in [0.15, 0.2) is 48.5 Å². The van der Waals surface area contributed by atoms with E-state index < -0.39 is 0 Å². The van der Waals surface area contributed by atoms with E-state index in [1.54, 1.807) is 0 Å². The molecule has 1 aliphatic rings. The number of hydrogen-bond donors (Lipinski definition) is 1.